The Balaban J connectivity index is 1.51. The number of fused-ring (bicyclic) bond motifs is 1. The summed E-state index contributed by atoms with van der Waals surface area (Å²) in [5.74, 6) is 2.08. The molecule has 2 aromatic rings. The molecule has 6 heteroatoms. The number of hydrogen-bond acceptors (Lipinski definition) is 4. The summed E-state index contributed by atoms with van der Waals surface area (Å²) < 4.78 is 11.3. The fourth-order valence-corrected chi connectivity index (χ4v) is 3.59. The van der Waals surface area contributed by atoms with E-state index in [1.165, 1.54) is 0 Å². The molecular formula is C21H24N2O4. The van der Waals surface area contributed by atoms with E-state index in [2.05, 4.69) is 6.92 Å². The zero-order valence-corrected chi connectivity index (χ0v) is 15.7. The van der Waals surface area contributed by atoms with Crippen molar-refractivity contribution < 1.29 is 18.7 Å². The fourth-order valence-electron chi connectivity index (χ4n) is 3.59. The number of likely N-dealkylation sites (tertiary alicyclic amines) is 1. The lowest BCUT2D eigenvalue weighted by Crippen LogP contribution is -2.38. The number of carbonyl (C=O) groups excluding carboxylic acids is 2. The molecule has 1 saturated heterocycles. The standard InChI is InChI=1S/C21H24N2O4/c1-14-7-9-22(10-8-14)21(25)19-6-4-16(27-19)12-23-17-11-15(2)3-5-18(17)26-13-20(23)24/h3-6,11,14H,7-10,12-13H2,1-2H3. The molecule has 0 atom stereocenters. The van der Waals surface area contributed by atoms with Gasteiger partial charge in [-0.3, -0.25) is 14.5 Å². The molecule has 0 aliphatic carbocycles. The molecule has 4 rings (SSSR count). The Kier molecular flexibility index (Phi) is 4.64. The van der Waals surface area contributed by atoms with Gasteiger partial charge in [0.15, 0.2) is 12.4 Å². The first-order chi connectivity index (χ1) is 13.0. The Morgan fingerprint density at radius 3 is 2.74 bits per heavy atom. The average molecular weight is 368 g/mol. The van der Waals surface area contributed by atoms with Crippen LogP contribution in [0.1, 0.15) is 41.6 Å². The van der Waals surface area contributed by atoms with Crippen molar-refractivity contribution in [2.45, 2.75) is 33.2 Å². The number of furan rings is 1. The van der Waals surface area contributed by atoms with Gasteiger partial charge in [0.25, 0.3) is 11.8 Å². The van der Waals surface area contributed by atoms with E-state index < -0.39 is 0 Å². The van der Waals surface area contributed by atoms with Gasteiger partial charge in [-0.15, -0.1) is 0 Å². The van der Waals surface area contributed by atoms with Crippen LogP contribution in [0.25, 0.3) is 0 Å². The van der Waals surface area contributed by atoms with Crippen molar-refractivity contribution >= 4 is 17.5 Å². The van der Waals surface area contributed by atoms with Gasteiger partial charge in [-0.2, -0.15) is 0 Å². The molecular weight excluding hydrogens is 344 g/mol. The topological polar surface area (TPSA) is 63.0 Å². The molecule has 0 saturated carbocycles. The first kappa shape index (κ1) is 17.6. The number of amides is 2. The number of carbonyl (C=O) groups is 2. The third-order valence-corrected chi connectivity index (χ3v) is 5.31. The molecule has 0 spiro atoms. The zero-order chi connectivity index (χ0) is 19.0. The molecule has 2 amide bonds. The molecule has 0 bridgehead atoms. The van der Waals surface area contributed by atoms with E-state index in [1.54, 1.807) is 17.0 Å². The number of hydrogen-bond donors (Lipinski definition) is 0. The van der Waals surface area contributed by atoms with Gasteiger partial charge in [0.05, 0.1) is 12.2 Å². The maximum absolute atomic E-state index is 12.7. The van der Waals surface area contributed by atoms with E-state index in [0.717, 1.165) is 37.2 Å². The van der Waals surface area contributed by atoms with Crippen LogP contribution in [0.15, 0.2) is 34.7 Å². The zero-order valence-electron chi connectivity index (χ0n) is 15.7. The van der Waals surface area contributed by atoms with Crippen LogP contribution < -0.4 is 9.64 Å². The number of piperidine rings is 1. The molecule has 0 unspecified atom stereocenters. The predicted molar refractivity (Wildman–Crippen MR) is 101 cm³/mol. The highest BCUT2D eigenvalue weighted by atomic mass is 16.5. The molecule has 27 heavy (non-hydrogen) atoms. The highest BCUT2D eigenvalue weighted by Crippen LogP contribution is 2.34. The Hall–Kier alpha value is -2.76. The third-order valence-electron chi connectivity index (χ3n) is 5.31. The molecule has 1 aromatic heterocycles. The second-order valence-electron chi connectivity index (χ2n) is 7.48. The van der Waals surface area contributed by atoms with E-state index in [4.69, 9.17) is 9.15 Å². The number of nitrogens with zero attached hydrogens (tertiary/aromatic N) is 2. The van der Waals surface area contributed by atoms with Crippen LogP contribution in [0.4, 0.5) is 5.69 Å². The summed E-state index contributed by atoms with van der Waals surface area (Å²) in [6.07, 6.45) is 2.05. The van der Waals surface area contributed by atoms with E-state index in [0.29, 0.717) is 23.2 Å². The van der Waals surface area contributed by atoms with Crippen LogP contribution in [0, 0.1) is 12.8 Å². The van der Waals surface area contributed by atoms with Crippen LogP contribution in [-0.4, -0.2) is 36.4 Å². The van der Waals surface area contributed by atoms with E-state index >= 15 is 0 Å². The monoisotopic (exact) mass is 368 g/mol. The summed E-state index contributed by atoms with van der Waals surface area (Å²) in [6.45, 7) is 6.01. The maximum atomic E-state index is 12.7. The molecule has 0 radical (unpaired) electrons. The van der Waals surface area contributed by atoms with Gasteiger partial charge in [-0.05, 0) is 55.5 Å². The van der Waals surface area contributed by atoms with Crippen LogP contribution in [0.2, 0.25) is 0 Å². The third kappa shape index (κ3) is 3.56. The Morgan fingerprint density at radius 2 is 1.96 bits per heavy atom. The molecule has 2 aliphatic heterocycles. The van der Waals surface area contributed by atoms with Crippen LogP contribution in [-0.2, 0) is 11.3 Å². The molecule has 2 aliphatic rings. The summed E-state index contributed by atoms with van der Waals surface area (Å²) in [6, 6.07) is 9.24. The molecule has 142 valence electrons. The van der Waals surface area contributed by atoms with Gasteiger partial charge in [0, 0.05) is 13.1 Å². The molecule has 1 fully saturated rings. The molecule has 6 nitrogen and oxygen atoms in total. The highest BCUT2D eigenvalue weighted by Gasteiger charge is 2.28. The quantitative estimate of drug-likeness (QED) is 0.833. The second-order valence-corrected chi connectivity index (χ2v) is 7.48. The van der Waals surface area contributed by atoms with Crippen LogP contribution >= 0.6 is 0 Å². The summed E-state index contributed by atoms with van der Waals surface area (Å²) in [5.41, 5.74) is 1.78. The van der Waals surface area contributed by atoms with Crippen LogP contribution in [0.3, 0.4) is 0 Å². The lowest BCUT2D eigenvalue weighted by atomic mass is 9.99. The average Bonchev–Trinajstić information content (AvgIpc) is 3.13. The van der Waals surface area contributed by atoms with Crippen molar-refractivity contribution in [1.29, 1.82) is 0 Å². The van der Waals surface area contributed by atoms with E-state index in [1.807, 2.05) is 30.0 Å². The van der Waals surface area contributed by atoms with Gasteiger partial charge in [0.1, 0.15) is 11.5 Å². The summed E-state index contributed by atoms with van der Waals surface area (Å²) in [7, 11) is 0. The Morgan fingerprint density at radius 1 is 1.19 bits per heavy atom. The van der Waals surface area contributed by atoms with Crippen molar-refractivity contribution in [2.75, 3.05) is 24.6 Å². The van der Waals surface area contributed by atoms with E-state index in [-0.39, 0.29) is 25.0 Å². The SMILES string of the molecule is Cc1ccc2c(c1)N(Cc1ccc(C(=O)N3CCC(C)CC3)o1)C(=O)CO2. The summed E-state index contributed by atoms with van der Waals surface area (Å²) >= 11 is 0. The Bertz CT molecular complexity index is 865. The maximum Gasteiger partial charge on any atom is 0.289 e. The van der Waals surface area contributed by atoms with Gasteiger partial charge < -0.3 is 14.1 Å². The highest BCUT2D eigenvalue weighted by molar-refractivity contribution is 5.97. The normalized spacial score (nSPS) is 17.6. The van der Waals surface area contributed by atoms with Crippen molar-refractivity contribution in [3.63, 3.8) is 0 Å². The molecule has 1 aromatic carbocycles. The summed E-state index contributed by atoms with van der Waals surface area (Å²) in [4.78, 5) is 28.5. The smallest absolute Gasteiger partial charge is 0.289 e. The van der Waals surface area contributed by atoms with E-state index in [9.17, 15) is 9.59 Å². The molecule has 0 N–H and O–H groups in total. The largest absolute Gasteiger partial charge is 0.482 e. The number of rotatable bonds is 3. The minimum Gasteiger partial charge on any atom is -0.482 e. The first-order valence-corrected chi connectivity index (χ1v) is 9.43. The van der Waals surface area contributed by atoms with Gasteiger partial charge in [-0.25, -0.2) is 0 Å². The van der Waals surface area contributed by atoms with Crippen molar-refractivity contribution in [3.8, 4) is 5.75 Å². The fraction of sp³-hybridized carbons (Fsp3) is 0.429. The van der Waals surface area contributed by atoms with Crippen molar-refractivity contribution in [2.24, 2.45) is 5.92 Å². The molecule has 3 heterocycles. The second kappa shape index (κ2) is 7.10. The van der Waals surface area contributed by atoms with Crippen molar-refractivity contribution in [1.82, 2.24) is 4.90 Å². The number of benzene rings is 1. The number of aryl methyl sites for hydroxylation is 1. The van der Waals surface area contributed by atoms with Crippen molar-refractivity contribution in [3.05, 3.63) is 47.4 Å². The number of ether oxygens (including phenoxy) is 1. The van der Waals surface area contributed by atoms with Crippen LogP contribution in [0.5, 0.6) is 5.75 Å². The Labute approximate surface area is 158 Å². The first-order valence-electron chi connectivity index (χ1n) is 9.43. The number of anilines is 1. The predicted octanol–water partition coefficient (Wildman–Crippen LogP) is 3.39. The summed E-state index contributed by atoms with van der Waals surface area (Å²) in [5, 5.41) is 0. The minimum atomic E-state index is -0.123. The van der Waals surface area contributed by atoms with Gasteiger partial charge in [-0.1, -0.05) is 13.0 Å². The van der Waals surface area contributed by atoms with Gasteiger partial charge in [0.2, 0.25) is 0 Å². The lowest BCUT2D eigenvalue weighted by Gasteiger charge is -2.29. The minimum absolute atomic E-state index is 0.00845. The lowest BCUT2D eigenvalue weighted by molar-refractivity contribution is -0.121. The van der Waals surface area contributed by atoms with Gasteiger partial charge >= 0.3 is 0 Å².